The van der Waals surface area contributed by atoms with Gasteiger partial charge in [0, 0.05) is 11.6 Å². The Bertz CT molecular complexity index is 717. The van der Waals surface area contributed by atoms with Crippen molar-refractivity contribution in [3.63, 3.8) is 0 Å². The van der Waals surface area contributed by atoms with Gasteiger partial charge in [-0.15, -0.1) is 12.4 Å². The number of ether oxygens (including phenoxy) is 1. The Hall–Kier alpha value is -1.75. The zero-order valence-corrected chi connectivity index (χ0v) is 18.3. The van der Waals surface area contributed by atoms with Crippen LogP contribution in [0.4, 0.5) is 0 Å². The second-order valence-corrected chi connectivity index (χ2v) is 7.86. The van der Waals surface area contributed by atoms with Crippen LogP contribution in [0.1, 0.15) is 24.8 Å². The number of amides is 1. The molecule has 0 atom stereocenters. The molecule has 1 amide bonds. The maximum atomic E-state index is 11.9. The molecule has 1 saturated heterocycles. The van der Waals surface area contributed by atoms with Gasteiger partial charge >= 0.3 is 0 Å². The van der Waals surface area contributed by atoms with Crippen LogP contribution >= 0.6 is 24.0 Å². The molecule has 0 saturated carbocycles. The van der Waals surface area contributed by atoms with Gasteiger partial charge in [0.2, 0.25) is 0 Å². The van der Waals surface area contributed by atoms with Crippen LogP contribution in [0, 0.1) is 5.92 Å². The van der Waals surface area contributed by atoms with Gasteiger partial charge in [-0.05, 0) is 81.1 Å². The molecule has 0 radical (unpaired) electrons. The lowest BCUT2D eigenvalue weighted by Crippen LogP contribution is -2.37. The average Bonchev–Trinajstić information content (AvgIpc) is 2.73. The summed E-state index contributed by atoms with van der Waals surface area (Å²) in [6, 6.07) is 17.8. The first-order valence-corrected chi connectivity index (χ1v) is 10.5. The van der Waals surface area contributed by atoms with Crippen LogP contribution in [-0.4, -0.2) is 43.6 Å². The molecule has 3 rings (SSSR count). The van der Waals surface area contributed by atoms with E-state index in [0.717, 1.165) is 32.0 Å². The lowest BCUT2D eigenvalue weighted by Gasteiger charge is -2.32. The van der Waals surface area contributed by atoms with Crippen molar-refractivity contribution in [2.45, 2.75) is 25.7 Å². The van der Waals surface area contributed by atoms with E-state index in [0.29, 0.717) is 17.3 Å². The molecule has 4 nitrogen and oxygen atoms in total. The third-order valence-corrected chi connectivity index (χ3v) is 5.48. The molecule has 0 aliphatic carbocycles. The van der Waals surface area contributed by atoms with E-state index in [-0.39, 0.29) is 24.9 Å². The number of hydrogen-bond donors (Lipinski definition) is 1. The highest BCUT2D eigenvalue weighted by atomic mass is 35.5. The first-order valence-electron chi connectivity index (χ1n) is 10.1. The molecule has 158 valence electrons. The molecule has 2 aromatic rings. The fraction of sp³-hybridized carbons (Fsp3) is 0.435. The van der Waals surface area contributed by atoms with Crippen LogP contribution in [0.2, 0.25) is 5.02 Å². The molecule has 1 aliphatic heterocycles. The standard InChI is InChI=1S/C23H29ClN2O2.ClH/c24-21-7-9-22(10-8-21)28-18-23(27)25-13-4-14-26-15-11-20(12-16-26)17-19-5-2-1-3-6-19;/h1-3,5-10,20H,4,11-18H2,(H,25,27);1H. The van der Waals surface area contributed by atoms with Gasteiger partial charge in [0.1, 0.15) is 5.75 Å². The van der Waals surface area contributed by atoms with Gasteiger partial charge in [0.25, 0.3) is 5.91 Å². The first-order chi connectivity index (χ1) is 13.7. The van der Waals surface area contributed by atoms with Crippen molar-refractivity contribution >= 4 is 29.9 Å². The number of nitrogens with zero attached hydrogens (tertiary/aromatic N) is 1. The van der Waals surface area contributed by atoms with E-state index >= 15 is 0 Å². The normalized spacial score (nSPS) is 14.8. The molecule has 29 heavy (non-hydrogen) atoms. The summed E-state index contributed by atoms with van der Waals surface area (Å²) in [7, 11) is 0. The number of nitrogens with one attached hydrogen (secondary N) is 1. The van der Waals surface area contributed by atoms with Crippen LogP contribution < -0.4 is 10.1 Å². The van der Waals surface area contributed by atoms with Crippen molar-refractivity contribution in [1.29, 1.82) is 0 Å². The summed E-state index contributed by atoms with van der Waals surface area (Å²) in [6.07, 6.45) is 4.68. The minimum Gasteiger partial charge on any atom is -0.484 e. The molecule has 0 spiro atoms. The smallest absolute Gasteiger partial charge is 0.257 e. The van der Waals surface area contributed by atoms with E-state index in [2.05, 4.69) is 40.5 Å². The Morgan fingerprint density at radius 1 is 1.07 bits per heavy atom. The summed E-state index contributed by atoms with van der Waals surface area (Å²) in [5.74, 6) is 1.36. The Morgan fingerprint density at radius 3 is 2.45 bits per heavy atom. The SMILES string of the molecule is Cl.O=C(COc1ccc(Cl)cc1)NCCCN1CCC(Cc2ccccc2)CC1. The minimum atomic E-state index is -0.0866. The predicted octanol–water partition coefficient (Wildman–Crippen LogP) is 4.60. The zero-order valence-electron chi connectivity index (χ0n) is 16.7. The second-order valence-electron chi connectivity index (χ2n) is 7.42. The molecule has 1 aliphatic rings. The van der Waals surface area contributed by atoms with Crippen molar-refractivity contribution in [2.75, 3.05) is 32.8 Å². The third kappa shape index (κ3) is 8.65. The molecule has 0 aromatic heterocycles. The van der Waals surface area contributed by atoms with E-state index in [4.69, 9.17) is 16.3 Å². The van der Waals surface area contributed by atoms with E-state index in [1.807, 2.05) is 0 Å². The predicted molar refractivity (Wildman–Crippen MR) is 121 cm³/mol. The van der Waals surface area contributed by atoms with Crippen LogP contribution in [0.15, 0.2) is 54.6 Å². The number of piperidine rings is 1. The summed E-state index contributed by atoms with van der Waals surface area (Å²) < 4.78 is 5.45. The number of carbonyl (C=O) groups excluding carboxylic acids is 1. The summed E-state index contributed by atoms with van der Waals surface area (Å²) in [5, 5.41) is 3.58. The molecular formula is C23H30Cl2N2O2. The lowest BCUT2D eigenvalue weighted by molar-refractivity contribution is -0.123. The van der Waals surface area contributed by atoms with E-state index < -0.39 is 0 Å². The van der Waals surface area contributed by atoms with Crippen LogP contribution in [0.25, 0.3) is 0 Å². The van der Waals surface area contributed by atoms with Crippen LogP contribution in [0.5, 0.6) is 5.75 Å². The Morgan fingerprint density at radius 2 is 1.76 bits per heavy atom. The zero-order chi connectivity index (χ0) is 19.6. The largest absolute Gasteiger partial charge is 0.484 e. The Balaban J connectivity index is 0.00000300. The minimum absolute atomic E-state index is 0. The monoisotopic (exact) mass is 436 g/mol. The molecule has 2 aromatic carbocycles. The quantitative estimate of drug-likeness (QED) is 0.583. The van der Waals surface area contributed by atoms with Crippen molar-refractivity contribution in [2.24, 2.45) is 5.92 Å². The molecule has 1 N–H and O–H groups in total. The highest BCUT2D eigenvalue weighted by Gasteiger charge is 2.19. The number of hydrogen-bond acceptors (Lipinski definition) is 3. The number of benzene rings is 2. The summed E-state index contributed by atoms with van der Waals surface area (Å²) in [5.41, 5.74) is 1.45. The van der Waals surface area contributed by atoms with Gasteiger partial charge in [0.15, 0.2) is 6.61 Å². The molecule has 6 heteroatoms. The molecule has 0 unspecified atom stereocenters. The van der Waals surface area contributed by atoms with Gasteiger partial charge in [-0.25, -0.2) is 0 Å². The fourth-order valence-electron chi connectivity index (χ4n) is 3.62. The van der Waals surface area contributed by atoms with Crippen molar-refractivity contribution in [3.8, 4) is 5.75 Å². The van der Waals surface area contributed by atoms with Crippen LogP contribution in [0.3, 0.4) is 0 Å². The van der Waals surface area contributed by atoms with Crippen molar-refractivity contribution in [1.82, 2.24) is 10.2 Å². The molecular weight excluding hydrogens is 407 g/mol. The van der Waals surface area contributed by atoms with E-state index in [9.17, 15) is 4.79 Å². The number of likely N-dealkylation sites (tertiary alicyclic amines) is 1. The topological polar surface area (TPSA) is 41.6 Å². The summed E-state index contributed by atoms with van der Waals surface area (Å²) in [4.78, 5) is 14.4. The molecule has 1 heterocycles. The van der Waals surface area contributed by atoms with Crippen molar-refractivity contribution in [3.05, 3.63) is 65.2 Å². The van der Waals surface area contributed by atoms with Gasteiger partial charge in [-0.3, -0.25) is 4.79 Å². The number of rotatable bonds is 9. The Kier molecular flexibility index (Phi) is 10.3. The highest BCUT2D eigenvalue weighted by Crippen LogP contribution is 2.21. The van der Waals surface area contributed by atoms with Crippen LogP contribution in [-0.2, 0) is 11.2 Å². The second kappa shape index (κ2) is 12.7. The van der Waals surface area contributed by atoms with Gasteiger partial charge in [-0.1, -0.05) is 41.9 Å². The summed E-state index contributed by atoms with van der Waals surface area (Å²) in [6.45, 7) is 4.08. The van der Waals surface area contributed by atoms with E-state index in [1.54, 1.807) is 24.3 Å². The number of carbonyl (C=O) groups is 1. The Labute approximate surface area is 185 Å². The average molecular weight is 437 g/mol. The van der Waals surface area contributed by atoms with Gasteiger partial charge in [0.05, 0.1) is 0 Å². The maximum Gasteiger partial charge on any atom is 0.257 e. The third-order valence-electron chi connectivity index (χ3n) is 5.23. The lowest BCUT2D eigenvalue weighted by atomic mass is 9.90. The van der Waals surface area contributed by atoms with Gasteiger partial charge < -0.3 is 15.0 Å². The maximum absolute atomic E-state index is 11.9. The molecule has 0 bridgehead atoms. The van der Waals surface area contributed by atoms with Gasteiger partial charge in [-0.2, -0.15) is 0 Å². The van der Waals surface area contributed by atoms with Crippen molar-refractivity contribution < 1.29 is 9.53 Å². The molecule has 1 fully saturated rings. The highest BCUT2D eigenvalue weighted by molar-refractivity contribution is 6.30. The first kappa shape index (κ1) is 23.5. The fourth-order valence-corrected chi connectivity index (χ4v) is 3.75. The van der Waals surface area contributed by atoms with E-state index in [1.165, 1.54) is 24.8 Å². The number of halogens is 2. The summed E-state index contributed by atoms with van der Waals surface area (Å²) >= 11 is 5.83.